The van der Waals surface area contributed by atoms with Gasteiger partial charge < -0.3 is 14.2 Å². The van der Waals surface area contributed by atoms with Crippen LogP contribution in [0.4, 0.5) is 0 Å². The van der Waals surface area contributed by atoms with Gasteiger partial charge in [0.05, 0.1) is 13.2 Å². The van der Waals surface area contributed by atoms with Gasteiger partial charge in [-0.05, 0) is 44.1 Å². The lowest BCUT2D eigenvalue weighted by atomic mass is 10.2. The standard InChI is InChI=1S/C22H32O3/c1(2-4-6-12-18-24-22-16-10-13-19-25-22)3-5-11-17-23-20-21-14-8-7-9-15-21/h7-9,14-15,22H,1,3,5-6,10-13,16-20H2. The number of ether oxygens (including phenoxy) is 3. The highest BCUT2D eigenvalue weighted by molar-refractivity contribution is 5.13. The molecule has 0 aliphatic carbocycles. The number of rotatable bonds is 11. The molecule has 1 aliphatic rings. The Balaban J connectivity index is 1.33. The second-order valence-corrected chi connectivity index (χ2v) is 6.47. The summed E-state index contributed by atoms with van der Waals surface area (Å²) < 4.78 is 16.9. The second kappa shape index (κ2) is 13.9. The Hall–Kier alpha value is -1.34. The van der Waals surface area contributed by atoms with Gasteiger partial charge in [-0.2, -0.15) is 0 Å². The van der Waals surface area contributed by atoms with Crippen LogP contribution in [0.2, 0.25) is 0 Å². The van der Waals surface area contributed by atoms with E-state index in [0.717, 1.165) is 58.3 Å². The Bertz CT molecular complexity index is 483. The molecule has 1 aromatic carbocycles. The normalized spacial score (nSPS) is 17.0. The van der Waals surface area contributed by atoms with Gasteiger partial charge in [-0.25, -0.2) is 0 Å². The van der Waals surface area contributed by atoms with Gasteiger partial charge >= 0.3 is 0 Å². The Morgan fingerprint density at radius 1 is 0.920 bits per heavy atom. The molecule has 138 valence electrons. The summed E-state index contributed by atoms with van der Waals surface area (Å²) in [5.74, 6) is 6.51. The monoisotopic (exact) mass is 344 g/mol. The summed E-state index contributed by atoms with van der Waals surface area (Å²) >= 11 is 0. The minimum absolute atomic E-state index is 0.0332. The topological polar surface area (TPSA) is 27.7 Å². The molecule has 1 saturated heterocycles. The Morgan fingerprint density at radius 3 is 2.56 bits per heavy atom. The van der Waals surface area contributed by atoms with E-state index in [-0.39, 0.29) is 6.29 Å². The molecule has 1 fully saturated rings. The minimum Gasteiger partial charge on any atom is -0.377 e. The summed E-state index contributed by atoms with van der Waals surface area (Å²) in [4.78, 5) is 0. The summed E-state index contributed by atoms with van der Waals surface area (Å²) in [6.07, 6.45) is 9.85. The van der Waals surface area contributed by atoms with Crippen molar-refractivity contribution in [2.45, 2.75) is 70.7 Å². The van der Waals surface area contributed by atoms with Crippen LogP contribution in [0.25, 0.3) is 0 Å². The highest BCUT2D eigenvalue weighted by Crippen LogP contribution is 2.13. The molecule has 1 aliphatic heterocycles. The van der Waals surface area contributed by atoms with Crippen LogP contribution in [0.15, 0.2) is 30.3 Å². The van der Waals surface area contributed by atoms with E-state index >= 15 is 0 Å². The van der Waals surface area contributed by atoms with Crippen molar-refractivity contribution in [3.63, 3.8) is 0 Å². The van der Waals surface area contributed by atoms with E-state index in [1.807, 2.05) is 18.2 Å². The van der Waals surface area contributed by atoms with Gasteiger partial charge in [0, 0.05) is 26.1 Å². The van der Waals surface area contributed by atoms with Crippen molar-refractivity contribution >= 4 is 0 Å². The van der Waals surface area contributed by atoms with Gasteiger partial charge in [0.2, 0.25) is 0 Å². The van der Waals surface area contributed by atoms with Crippen LogP contribution in [-0.4, -0.2) is 26.1 Å². The molecule has 0 bridgehead atoms. The largest absolute Gasteiger partial charge is 0.377 e. The third-order valence-electron chi connectivity index (χ3n) is 4.21. The Morgan fingerprint density at radius 2 is 1.76 bits per heavy atom. The molecule has 0 aromatic heterocycles. The first-order chi connectivity index (χ1) is 12.4. The van der Waals surface area contributed by atoms with Crippen molar-refractivity contribution in [3.05, 3.63) is 35.9 Å². The van der Waals surface area contributed by atoms with Gasteiger partial charge in [-0.15, -0.1) is 11.8 Å². The Labute approximate surface area is 153 Å². The zero-order valence-electron chi connectivity index (χ0n) is 15.4. The van der Waals surface area contributed by atoms with E-state index in [9.17, 15) is 0 Å². The molecule has 3 nitrogen and oxygen atoms in total. The first-order valence-corrected chi connectivity index (χ1v) is 9.76. The fourth-order valence-electron chi connectivity index (χ4n) is 2.75. The fourth-order valence-corrected chi connectivity index (χ4v) is 2.75. The van der Waals surface area contributed by atoms with E-state index in [1.54, 1.807) is 0 Å². The van der Waals surface area contributed by atoms with Gasteiger partial charge in [-0.1, -0.05) is 36.8 Å². The van der Waals surface area contributed by atoms with E-state index in [2.05, 4.69) is 24.0 Å². The number of hydrogen-bond acceptors (Lipinski definition) is 3. The molecule has 0 N–H and O–H groups in total. The average molecular weight is 344 g/mol. The van der Waals surface area contributed by atoms with Crippen LogP contribution < -0.4 is 0 Å². The van der Waals surface area contributed by atoms with Crippen LogP contribution >= 0.6 is 0 Å². The Kier molecular flexibility index (Phi) is 11.1. The van der Waals surface area contributed by atoms with Crippen molar-refractivity contribution in [3.8, 4) is 11.8 Å². The van der Waals surface area contributed by atoms with Crippen molar-refractivity contribution in [2.24, 2.45) is 0 Å². The third-order valence-corrected chi connectivity index (χ3v) is 4.21. The first kappa shape index (κ1) is 20.0. The molecule has 25 heavy (non-hydrogen) atoms. The van der Waals surface area contributed by atoms with Gasteiger partial charge in [0.15, 0.2) is 6.29 Å². The maximum absolute atomic E-state index is 5.69. The molecule has 3 heteroatoms. The lowest BCUT2D eigenvalue weighted by Crippen LogP contribution is -2.22. The first-order valence-electron chi connectivity index (χ1n) is 9.76. The maximum atomic E-state index is 5.69. The molecular formula is C22H32O3. The predicted octanol–water partition coefficient (Wildman–Crippen LogP) is 5.09. The van der Waals surface area contributed by atoms with Crippen molar-refractivity contribution in [2.75, 3.05) is 19.8 Å². The van der Waals surface area contributed by atoms with Crippen molar-refractivity contribution < 1.29 is 14.2 Å². The second-order valence-electron chi connectivity index (χ2n) is 6.47. The number of unbranched alkanes of at least 4 members (excludes halogenated alkanes) is 4. The third kappa shape index (κ3) is 10.3. The molecule has 0 radical (unpaired) electrons. The predicted molar refractivity (Wildman–Crippen MR) is 101 cm³/mol. The summed E-state index contributed by atoms with van der Waals surface area (Å²) in [5, 5.41) is 0. The van der Waals surface area contributed by atoms with Gasteiger partial charge in [-0.3, -0.25) is 0 Å². The molecule has 0 spiro atoms. The highest BCUT2D eigenvalue weighted by atomic mass is 16.7. The van der Waals surface area contributed by atoms with Crippen LogP contribution in [-0.2, 0) is 20.8 Å². The SMILES string of the molecule is C(#CCCCOC1CCCCO1)CCCCCOCc1ccccc1. The fraction of sp³-hybridized carbons (Fsp3) is 0.636. The zero-order valence-corrected chi connectivity index (χ0v) is 15.4. The van der Waals surface area contributed by atoms with Crippen LogP contribution in [0.5, 0.6) is 0 Å². The molecule has 0 amide bonds. The quantitative estimate of drug-likeness (QED) is 0.413. The molecule has 2 rings (SSSR count). The molecule has 1 heterocycles. The molecule has 1 aromatic rings. The van der Waals surface area contributed by atoms with E-state index in [4.69, 9.17) is 14.2 Å². The van der Waals surface area contributed by atoms with Crippen molar-refractivity contribution in [1.82, 2.24) is 0 Å². The molecular weight excluding hydrogens is 312 g/mol. The average Bonchev–Trinajstić information content (AvgIpc) is 2.67. The van der Waals surface area contributed by atoms with E-state index < -0.39 is 0 Å². The number of hydrogen-bond donors (Lipinski definition) is 0. The lowest BCUT2D eigenvalue weighted by Gasteiger charge is -2.22. The van der Waals surface area contributed by atoms with Crippen LogP contribution in [0, 0.1) is 11.8 Å². The lowest BCUT2D eigenvalue weighted by molar-refractivity contribution is -0.162. The van der Waals surface area contributed by atoms with E-state index in [1.165, 1.54) is 24.8 Å². The number of benzene rings is 1. The minimum atomic E-state index is 0.0332. The highest BCUT2D eigenvalue weighted by Gasteiger charge is 2.12. The molecule has 1 atom stereocenters. The summed E-state index contributed by atoms with van der Waals surface area (Å²) in [6.45, 7) is 3.16. The van der Waals surface area contributed by atoms with Gasteiger partial charge in [0.25, 0.3) is 0 Å². The van der Waals surface area contributed by atoms with Crippen LogP contribution in [0.1, 0.15) is 63.4 Å². The molecule has 1 unspecified atom stereocenters. The maximum Gasteiger partial charge on any atom is 0.157 e. The van der Waals surface area contributed by atoms with E-state index in [0.29, 0.717) is 6.61 Å². The smallest absolute Gasteiger partial charge is 0.157 e. The summed E-state index contributed by atoms with van der Waals surface area (Å²) in [6, 6.07) is 10.3. The summed E-state index contributed by atoms with van der Waals surface area (Å²) in [5.41, 5.74) is 1.24. The summed E-state index contributed by atoms with van der Waals surface area (Å²) in [7, 11) is 0. The van der Waals surface area contributed by atoms with Gasteiger partial charge in [0.1, 0.15) is 0 Å². The zero-order chi connectivity index (χ0) is 17.4. The van der Waals surface area contributed by atoms with Crippen LogP contribution in [0.3, 0.4) is 0 Å². The molecule has 0 saturated carbocycles. The van der Waals surface area contributed by atoms with Crippen molar-refractivity contribution in [1.29, 1.82) is 0 Å².